The molecule has 14 heavy (non-hydrogen) atoms. The third-order valence-corrected chi connectivity index (χ3v) is 3.42. The molecule has 1 aliphatic rings. The molecule has 0 aliphatic heterocycles. The molecule has 0 aromatic heterocycles. The first kappa shape index (κ1) is 10.2. The average Bonchev–Trinajstić information content (AvgIpc) is 2.51. The zero-order valence-corrected chi connectivity index (χ0v) is 9.70. The summed E-state index contributed by atoms with van der Waals surface area (Å²) in [5, 5.41) is 9.42. The SMILES string of the molecule is OC1CCC(Cc2cccc(Br)c2)C1. The second kappa shape index (κ2) is 4.45. The van der Waals surface area contributed by atoms with Crippen molar-refractivity contribution < 1.29 is 5.11 Å². The van der Waals surface area contributed by atoms with E-state index in [0.29, 0.717) is 5.92 Å². The lowest BCUT2D eigenvalue weighted by molar-refractivity contribution is 0.177. The standard InChI is InChI=1S/C12H15BrO/c13-11-3-1-2-9(7-11)6-10-4-5-12(14)8-10/h1-3,7,10,12,14H,4-6,8H2. The molecule has 2 rings (SSSR count). The Morgan fingerprint density at radius 2 is 2.21 bits per heavy atom. The maximum absolute atomic E-state index is 9.42. The lowest BCUT2D eigenvalue weighted by Gasteiger charge is -2.09. The molecule has 2 heteroatoms. The van der Waals surface area contributed by atoms with Crippen molar-refractivity contribution in [1.82, 2.24) is 0 Å². The van der Waals surface area contributed by atoms with Crippen LogP contribution in [-0.2, 0) is 6.42 Å². The second-order valence-electron chi connectivity index (χ2n) is 4.17. The van der Waals surface area contributed by atoms with Crippen LogP contribution in [0.3, 0.4) is 0 Å². The van der Waals surface area contributed by atoms with Crippen LogP contribution in [0.25, 0.3) is 0 Å². The summed E-state index contributed by atoms with van der Waals surface area (Å²) in [4.78, 5) is 0. The lowest BCUT2D eigenvalue weighted by Crippen LogP contribution is -2.03. The van der Waals surface area contributed by atoms with Crippen LogP contribution in [0.4, 0.5) is 0 Å². The van der Waals surface area contributed by atoms with Gasteiger partial charge in [0.1, 0.15) is 0 Å². The van der Waals surface area contributed by atoms with E-state index in [1.807, 2.05) is 6.07 Å². The average molecular weight is 255 g/mol. The maximum atomic E-state index is 9.42. The van der Waals surface area contributed by atoms with Crippen LogP contribution in [-0.4, -0.2) is 11.2 Å². The summed E-state index contributed by atoms with van der Waals surface area (Å²) >= 11 is 3.47. The molecule has 0 spiro atoms. The Morgan fingerprint density at radius 3 is 2.86 bits per heavy atom. The highest BCUT2D eigenvalue weighted by Gasteiger charge is 2.22. The zero-order chi connectivity index (χ0) is 9.97. The Labute approximate surface area is 93.3 Å². The Bertz CT molecular complexity index is 311. The van der Waals surface area contributed by atoms with Gasteiger partial charge in [0.15, 0.2) is 0 Å². The molecule has 1 N–H and O–H groups in total. The summed E-state index contributed by atoms with van der Waals surface area (Å²) in [6, 6.07) is 8.46. The summed E-state index contributed by atoms with van der Waals surface area (Å²) in [5.41, 5.74) is 1.37. The highest BCUT2D eigenvalue weighted by atomic mass is 79.9. The highest BCUT2D eigenvalue weighted by Crippen LogP contribution is 2.29. The first-order chi connectivity index (χ1) is 6.74. The fraction of sp³-hybridized carbons (Fsp3) is 0.500. The number of aliphatic hydroxyl groups excluding tert-OH is 1. The van der Waals surface area contributed by atoms with Crippen LogP contribution in [0.5, 0.6) is 0 Å². The molecule has 0 saturated heterocycles. The molecule has 76 valence electrons. The fourth-order valence-electron chi connectivity index (χ4n) is 2.23. The van der Waals surface area contributed by atoms with Gasteiger partial charge in [-0.1, -0.05) is 28.1 Å². The Morgan fingerprint density at radius 1 is 1.36 bits per heavy atom. The minimum absolute atomic E-state index is 0.0489. The van der Waals surface area contributed by atoms with Gasteiger partial charge in [0.05, 0.1) is 6.10 Å². The smallest absolute Gasteiger partial charge is 0.0543 e. The number of hydrogen-bond donors (Lipinski definition) is 1. The molecule has 1 nitrogen and oxygen atoms in total. The van der Waals surface area contributed by atoms with Crippen molar-refractivity contribution in [2.75, 3.05) is 0 Å². The maximum Gasteiger partial charge on any atom is 0.0543 e. The highest BCUT2D eigenvalue weighted by molar-refractivity contribution is 9.10. The van der Waals surface area contributed by atoms with Gasteiger partial charge in [-0.15, -0.1) is 0 Å². The second-order valence-corrected chi connectivity index (χ2v) is 5.08. The predicted octanol–water partition coefficient (Wildman–Crippen LogP) is 3.15. The Hall–Kier alpha value is -0.340. The third kappa shape index (κ3) is 2.58. The first-order valence-corrected chi connectivity index (χ1v) is 5.96. The summed E-state index contributed by atoms with van der Waals surface area (Å²) in [6.45, 7) is 0. The zero-order valence-electron chi connectivity index (χ0n) is 8.12. The van der Waals surface area contributed by atoms with Crippen LogP contribution < -0.4 is 0 Å². The minimum atomic E-state index is -0.0489. The van der Waals surface area contributed by atoms with Gasteiger partial charge in [0, 0.05) is 4.47 Å². The summed E-state index contributed by atoms with van der Waals surface area (Å²) in [6.07, 6.45) is 4.20. The van der Waals surface area contributed by atoms with Gasteiger partial charge in [-0.05, 0) is 49.3 Å². The van der Waals surface area contributed by atoms with E-state index in [0.717, 1.165) is 23.7 Å². The number of halogens is 1. The van der Waals surface area contributed by atoms with E-state index >= 15 is 0 Å². The Balaban J connectivity index is 1.97. The number of aliphatic hydroxyl groups is 1. The molecule has 1 aromatic rings. The van der Waals surface area contributed by atoms with Crippen LogP contribution >= 0.6 is 15.9 Å². The summed E-state index contributed by atoms with van der Waals surface area (Å²) < 4.78 is 1.15. The molecule has 1 aromatic carbocycles. The molecule has 1 saturated carbocycles. The lowest BCUT2D eigenvalue weighted by atomic mass is 9.98. The quantitative estimate of drug-likeness (QED) is 0.860. The first-order valence-electron chi connectivity index (χ1n) is 5.16. The van der Waals surface area contributed by atoms with Crippen molar-refractivity contribution in [3.63, 3.8) is 0 Å². The molecule has 2 unspecified atom stereocenters. The largest absolute Gasteiger partial charge is 0.393 e. The van der Waals surface area contributed by atoms with E-state index in [1.165, 1.54) is 12.0 Å². The molecule has 0 bridgehead atoms. The van der Waals surface area contributed by atoms with Gasteiger partial charge in [-0.2, -0.15) is 0 Å². The van der Waals surface area contributed by atoms with Crippen molar-refractivity contribution >= 4 is 15.9 Å². The van der Waals surface area contributed by atoms with Crippen LogP contribution in [0.15, 0.2) is 28.7 Å². The van der Waals surface area contributed by atoms with E-state index in [4.69, 9.17) is 0 Å². The van der Waals surface area contributed by atoms with Gasteiger partial charge < -0.3 is 5.11 Å². The van der Waals surface area contributed by atoms with Gasteiger partial charge in [-0.25, -0.2) is 0 Å². The predicted molar refractivity (Wildman–Crippen MR) is 61.2 cm³/mol. The van der Waals surface area contributed by atoms with Crippen molar-refractivity contribution in [3.8, 4) is 0 Å². The minimum Gasteiger partial charge on any atom is -0.393 e. The van der Waals surface area contributed by atoms with Gasteiger partial charge in [-0.3, -0.25) is 0 Å². The van der Waals surface area contributed by atoms with E-state index in [2.05, 4.69) is 34.1 Å². The molecule has 1 aliphatic carbocycles. The molecule has 2 atom stereocenters. The molecule has 0 radical (unpaired) electrons. The van der Waals surface area contributed by atoms with Gasteiger partial charge >= 0.3 is 0 Å². The number of hydrogen-bond acceptors (Lipinski definition) is 1. The van der Waals surface area contributed by atoms with Crippen molar-refractivity contribution in [1.29, 1.82) is 0 Å². The summed E-state index contributed by atoms with van der Waals surface area (Å²) in [7, 11) is 0. The van der Waals surface area contributed by atoms with Crippen molar-refractivity contribution in [2.45, 2.75) is 31.8 Å². The molecular weight excluding hydrogens is 240 g/mol. The molecular formula is C12H15BrO. The van der Waals surface area contributed by atoms with Gasteiger partial charge in [0.2, 0.25) is 0 Å². The number of rotatable bonds is 2. The van der Waals surface area contributed by atoms with Crippen LogP contribution in [0, 0.1) is 5.92 Å². The number of benzene rings is 1. The van der Waals surface area contributed by atoms with Crippen LogP contribution in [0.1, 0.15) is 24.8 Å². The van der Waals surface area contributed by atoms with Gasteiger partial charge in [0.25, 0.3) is 0 Å². The van der Waals surface area contributed by atoms with E-state index in [9.17, 15) is 5.11 Å². The Kier molecular flexibility index (Phi) is 3.24. The van der Waals surface area contributed by atoms with Crippen molar-refractivity contribution in [2.24, 2.45) is 5.92 Å². The van der Waals surface area contributed by atoms with Crippen LogP contribution in [0.2, 0.25) is 0 Å². The summed E-state index contributed by atoms with van der Waals surface area (Å²) in [5.74, 6) is 0.680. The van der Waals surface area contributed by atoms with E-state index in [-0.39, 0.29) is 6.10 Å². The topological polar surface area (TPSA) is 20.2 Å². The molecule has 0 heterocycles. The fourth-order valence-corrected chi connectivity index (χ4v) is 2.68. The molecule has 0 amide bonds. The van der Waals surface area contributed by atoms with E-state index in [1.54, 1.807) is 0 Å². The van der Waals surface area contributed by atoms with Crippen molar-refractivity contribution in [3.05, 3.63) is 34.3 Å². The third-order valence-electron chi connectivity index (χ3n) is 2.93. The normalized spacial score (nSPS) is 26.7. The molecule has 1 fully saturated rings. The van der Waals surface area contributed by atoms with E-state index < -0.39 is 0 Å². The monoisotopic (exact) mass is 254 g/mol.